The van der Waals surface area contributed by atoms with Gasteiger partial charge in [0, 0.05) is 28.9 Å². The van der Waals surface area contributed by atoms with Crippen LogP contribution in [0, 0.1) is 10.1 Å². The summed E-state index contributed by atoms with van der Waals surface area (Å²) in [6, 6.07) is 15.3. The number of rotatable bonds is 3. The minimum Gasteiger partial charge on any atom is -0.507 e. The molecule has 3 aromatic carbocycles. The maximum atomic E-state index is 11.4. The van der Waals surface area contributed by atoms with Crippen LogP contribution in [0.3, 0.4) is 0 Å². The lowest BCUT2D eigenvalue weighted by Crippen LogP contribution is -2.18. The molecule has 0 spiro atoms. The smallest absolute Gasteiger partial charge is 0.270 e. The van der Waals surface area contributed by atoms with Gasteiger partial charge < -0.3 is 10.2 Å². The number of hydrogen-bond acceptors (Lipinski definition) is 5. The van der Waals surface area contributed by atoms with Crippen LogP contribution in [0.15, 0.2) is 54.6 Å². The molecule has 0 aliphatic rings. The lowest BCUT2D eigenvalue weighted by Gasteiger charge is -2.28. The highest BCUT2D eigenvalue weighted by Crippen LogP contribution is 2.43. The predicted molar refractivity (Wildman–Crippen MR) is 134 cm³/mol. The van der Waals surface area contributed by atoms with Crippen LogP contribution in [0.1, 0.15) is 52.7 Å². The third-order valence-electron chi connectivity index (χ3n) is 5.96. The Hall–Kier alpha value is -3.87. The van der Waals surface area contributed by atoms with E-state index in [1.165, 1.54) is 18.2 Å². The molecule has 0 amide bonds. The molecule has 0 bridgehead atoms. The van der Waals surface area contributed by atoms with E-state index in [0.717, 1.165) is 22.3 Å². The highest BCUT2D eigenvalue weighted by atomic mass is 16.6. The number of phenolic OH excluding ortho intramolecular Hbond substituents is 2. The zero-order valence-electron chi connectivity index (χ0n) is 20.2. The van der Waals surface area contributed by atoms with Gasteiger partial charge in [0.15, 0.2) is 0 Å². The largest absolute Gasteiger partial charge is 0.507 e. The van der Waals surface area contributed by atoms with Crippen LogP contribution in [-0.2, 0) is 10.8 Å². The highest BCUT2D eigenvalue weighted by Gasteiger charge is 2.28. The van der Waals surface area contributed by atoms with Gasteiger partial charge in [-0.2, -0.15) is 0 Å². The molecule has 0 saturated heterocycles. The Morgan fingerprint density at radius 1 is 0.882 bits per heavy atom. The molecular formula is C27H29N3O4. The summed E-state index contributed by atoms with van der Waals surface area (Å²) in [5.74, 6) is 0.536. The summed E-state index contributed by atoms with van der Waals surface area (Å²) < 4.78 is 1.89. The van der Waals surface area contributed by atoms with Gasteiger partial charge in [-0.25, -0.2) is 4.98 Å². The number of para-hydroxylation sites is 2. The van der Waals surface area contributed by atoms with Crippen molar-refractivity contribution in [1.82, 2.24) is 9.55 Å². The molecule has 7 nitrogen and oxygen atoms in total. The Morgan fingerprint density at radius 2 is 1.47 bits per heavy atom. The third kappa shape index (κ3) is 3.98. The molecule has 0 aliphatic carbocycles. The van der Waals surface area contributed by atoms with Crippen molar-refractivity contribution in [3.63, 3.8) is 0 Å². The second kappa shape index (κ2) is 7.87. The van der Waals surface area contributed by atoms with Gasteiger partial charge in [0.1, 0.15) is 17.3 Å². The maximum absolute atomic E-state index is 11.4. The normalized spacial score (nSPS) is 12.3. The van der Waals surface area contributed by atoms with E-state index >= 15 is 0 Å². The standard InChI is InChI=1S/C27H29N3O4/c1-26(2,3)19-14-17(15-20(24(19)32)27(4,5)6)29-22-10-8-7-9-21(22)28-25(29)18-13-16(30(33)34)11-12-23(18)31/h7-15,31-32H,1-6H3. The summed E-state index contributed by atoms with van der Waals surface area (Å²) in [6.45, 7) is 12.2. The average molecular weight is 460 g/mol. The first-order valence-electron chi connectivity index (χ1n) is 11.1. The van der Waals surface area contributed by atoms with Crippen LogP contribution < -0.4 is 0 Å². The fraction of sp³-hybridized carbons (Fsp3) is 0.296. The van der Waals surface area contributed by atoms with Crippen molar-refractivity contribution in [2.75, 3.05) is 0 Å². The lowest BCUT2D eigenvalue weighted by molar-refractivity contribution is -0.384. The van der Waals surface area contributed by atoms with Crippen molar-refractivity contribution in [3.8, 4) is 28.6 Å². The number of nitro groups is 1. The van der Waals surface area contributed by atoms with Crippen LogP contribution in [0.5, 0.6) is 11.5 Å². The zero-order chi connectivity index (χ0) is 25.0. The van der Waals surface area contributed by atoms with Gasteiger partial charge in [0.05, 0.1) is 21.5 Å². The van der Waals surface area contributed by atoms with Crippen molar-refractivity contribution < 1.29 is 15.1 Å². The first-order chi connectivity index (χ1) is 15.8. The van der Waals surface area contributed by atoms with Gasteiger partial charge in [-0.3, -0.25) is 14.7 Å². The van der Waals surface area contributed by atoms with Crippen LogP contribution in [0.2, 0.25) is 0 Å². The van der Waals surface area contributed by atoms with Crippen molar-refractivity contribution in [1.29, 1.82) is 0 Å². The van der Waals surface area contributed by atoms with Gasteiger partial charge in [-0.05, 0) is 41.2 Å². The van der Waals surface area contributed by atoms with Gasteiger partial charge in [0.25, 0.3) is 5.69 Å². The summed E-state index contributed by atoms with van der Waals surface area (Å²) >= 11 is 0. The second-order valence-corrected chi connectivity index (χ2v) is 10.6. The molecule has 4 aromatic rings. The minimum atomic E-state index is -0.494. The number of non-ortho nitro benzene ring substituents is 1. The number of aromatic hydroxyl groups is 2. The molecule has 176 valence electrons. The van der Waals surface area contributed by atoms with Crippen molar-refractivity contribution >= 4 is 16.7 Å². The zero-order valence-corrected chi connectivity index (χ0v) is 20.2. The average Bonchev–Trinajstić information content (AvgIpc) is 3.11. The Kier molecular flexibility index (Phi) is 5.39. The van der Waals surface area contributed by atoms with E-state index in [0.29, 0.717) is 11.3 Å². The van der Waals surface area contributed by atoms with Crippen LogP contribution in [0.25, 0.3) is 28.1 Å². The number of benzene rings is 3. The quantitative estimate of drug-likeness (QED) is 0.265. The highest BCUT2D eigenvalue weighted by molar-refractivity contribution is 5.85. The summed E-state index contributed by atoms with van der Waals surface area (Å²) in [4.78, 5) is 15.7. The second-order valence-electron chi connectivity index (χ2n) is 10.6. The predicted octanol–water partition coefficient (Wildman–Crippen LogP) is 6.61. The SMILES string of the molecule is CC(C)(C)c1cc(-n2c(-c3cc([N+](=O)[O-])ccc3O)nc3ccccc32)cc(C(C)(C)C)c1O. The molecule has 34 heavy (non-hydrogen) atoms. The fourth-order valence-corrected chi connectivity index (χ4v) is 4.18. The Morgan fingerprint density at radius 3 is 2.03 bits per heavy atom. The molecule has 0 saturated carbocycles. The van der Waals surface area contributed by atoms with E-state index in [4.69, 9.17) is 4.98 Å². The van der Waals surface area contributed by atoms with Crippen molar-refractivity contribution in [2.24, 2.45) is 0 Å². The molecule has 2 N–H and O–H groups in total. The molecule has 0 radical (unpaired) electrons. The number of nitrogens with zero attached hydrogens (tertiary/aromatic N) is 3. The number of imidazole rings is 1. The van der Waals surface area contributed by atoms with E-state index < -0.39 is 4.92 Å². The Balaban J connectivity index is 2.13. The van der Waals surface area contributed by atoms with E-state index in [2.05, 4.69) is 0 Å². The molecule has 0 unspecified atom stereocenters. The molecule has 0 aliphatic heterocycles. The van der Waals surface area contributed by atoms with Gasteiger partial charge in [-0.15, -0.1) is 0 Å². The first kappa shape index (κ1) is 23.3. The van der Waals surface area contributed by atoms with Gasteiger partial charge in [-0.1, -0.05) is 53.7 Å². The summed E-state index contributed by atoms with van der Waals surface area (Å²) in [5, 5.41) is 33.3. The molecule has 0 fully saturated rings. The van der Waals surface area contributed by atoms with E-state index in [9.17, 15) is 20.3 Å². The lowest BCUT2D eigenvalue weighted by atomic mass is 9.79. The number of phenols is 2. The summed E-state index contributed by atoms with van der Waals surface area (Å²) in [7, 11) is 0. The Labute approximate surface area is 198 Å². The number of fused-ring (bicyclic) bond motifs is 1. The van der Waals surface area contributed by atoms with Crippen molar-refractivity contribution in [3.05, 3.63) is 75.8 Å². The van der Waals surface area contributed by atoms with Crippen LogP contribution in [-0.4, -0.2) is 24.7 Å². The Bertz CT molecular complexity index is 1390. The molecule has 1 heterocycles. The van der Waals surface area contributed by atoms with Gasteiger partial charge >= 0.3 is 0 Å². The molecule has 1 aromatic heterocycles. The fourth-order valence-electron chi connectivity index (χ4n) is 4.18. The van der Waals surface area contributed by atoms with E-state index in [-0.39, 0.29) is 33.6 Å². The van der Waals surface area contributed by atoms with Crippen molar-refractivity contribution in [2.45, 2.75) is 52.4 Å². The summed E-state index contributed by atoms with van der Waals surface area (Å²) in [6.07, 6.45) is 0. The number of nitro benzene ring substituents is 1. The minimum absolute atomic E-state index is 0.104. The van der Waals surface area contributed by atoms with E-state index in [1.807, 2.05) is 82.5 Å². The monoisotopic (exact) mass is 459 g/mol. The topological polar surface area (TPSA) is 101 Å². The maximum Gasteiger partial charge on any atom is 0.270 e. The van der Waals surface area contributed by atoms with Gasteiger partial charge in [0.2, 0.25) is 0 Å². The number of aromatic nitrogens is 2. The van der Waals surface area contributed by atoms with Crippen LogP contribution in [0.4, 0.5) is 5.69 Å². The molecular weight excluding hydrogens is 430 g/mol. The molecule has 7 heteroatoms. The molecule has 4 rings (SSSR count). The number of hydrogen-bond donors (Lipinski definition) is 2. The first-order valence-corrected chi connectivity index (χ1v) is 11.1. The third-order valence-corrected chi connectivity index (χ3v) is 5.96. The van der Waals surface area contributed by atoms with E-state index in [1.54, 1.807) is 0 Å². The van der Waals surface area contributed by atoms with Crippen LogP contribution >= 0.6 is 0 Å². The molecule has 0 atom stereocenters. The summed E-state index contributed by atoms with van der Waals surface area (Å²) in [5.41, 5.74) is 3.22.